The number of hydrogen-bond acceptors (Lipinski definition) is 2. The first-order valence-electron chi connectivity index (χ1n) is 6.53. The van der Waals surface area contributed by atoms with Crippen molar-refractivity contribution in [2.45, 2.75) is 32.2 Å². The standard InChI is InChI=1S/C14H21FN2/c1-2-8-16-13-6-9-17(10-7-13)14-5-3-4-12(15)11-14/h3-5,11,13,16H,2,6-10H2,1H3. The van der Waals surface area contributed by atoms with Gasteiger partial charge in [0.2, 0.25) is 0 Å². The molecular formula is C14H21FN2. The lowest BCUT2D eigenvalue weighted by Crippen LogP contribution is -2.42. The van der Waals surface area contributed by atoms with Gasteiger partial charge in [-0.2, -0.15) is 0 Å². The lowest BCUT2D eigenvalue weighted by Gasteiger charge is -2.34. The number of nitrogens with zero attached hydrogens (tertiary/aromatic N) is 1. The fourth-order valence-corrected chi connectivity index (χ4v) is 2.36. The van der Waals surface area contributed by atoms with Gasteiger partial charge in [-0.3, -0.25) is 0 Å². The Hall–Kier alpha value is -1.09. The largest absolute Gasteiger partial charge is 0.371 e. The normalized spacial score (nSPS) is 17.4. The van der Waals surface area contributed by atoms with E-state index in [-0.39, 0.29) is 5.82 Å². The zero-order valence-electron chi connectivity index (χ0n) is 10.5. The van der Waals surface area contributed by atoms with Gasteiger partial charge in [0.15, 0.2) is 0 Å². The van der Waals surface area contributed by atoms with Gasteiger partial charge < -0.3 is 10.2 Å². The van der Waals surface area contributed by atoms with Crippen LogP contribution in [0.1, 0.15) is 26.2 Å². The van der Waals surface area contributed by atoms with Crippen LogP contribution in [-0.2, 0) is 0 Å². The Morgan fingerprint density at radius 1 is 1.35 bits per heavy atom. The highest BCUT2D eigenvalue weighted by molar-refractivity contribution is 5.46. The van der Waals surface area contributed by atoms with E-state index in [0.717, 1.165) is 38.2 Å². The molecule has 0 aromatic heterocycles. The molecule has 1 saturated heterocycles. The molecule has 2 nitrogen and oxygen atoms in total. The minimum Gasteiger partial charge on any atom is -0.371 e. The van der Waals surface area contributed by atoms with E-state index in [1.807, 2.05) is 6.07 Å². The van der Waals surface area contributed by atoms with Gasteiger partial charge >= 0.3 is 0 Å². The monoisotopic (exact) mass is 236 g/mol. The van der Waals surface area contributed by atoms with Crippen molar-refractivity contribution < 1.29 is 4.39 Å². The van der Waals surface area contributed by atoms with E-state index in [1.165, 1.54) is 12.5 Å². The first-order chi connectivity index (χ1) is 8.29. The number of halogens is 1. The van der Waals surface area contributed by atoms with Crippen LogP contribution < -0.4 is 10.2 Å². The molecular weight excluding hydrogens is 215 g/mol. The Morgan fingerprint density at radius 3 is 2.76 bits per heavy atom. The van der Waals surface area contributed by atoms with Gasteiger partial charge in [0.05, 0.1) is 0 Å². The number of hydrogen-bond donors (Lipinski definition) is 1. The lowest BCUT2D eigenvalue weighted by molar-refractivity contribution is 0.415. The summed E-state index contributed by atoms with van der Waals surface area (Å²) in [7, 11) is 0. The summed E-state index contributed by atoms with van der Waals surface area (Å²) in [5.74, 6) is -0.145. The fourth-order valence-electron chi connectivity index (χ4n) is 2.36. The van der Waals surface area contributed by atoms with Crippen molar-refractivity contribution in [3.63, 3.8) is 0 Å². The molecule has 1 aromatic carbocycles. The zero-order valence-corrected chi connectivity index (χ0v) is 10.5. The average Bonchev–Trinajstić information content (AvgIpc) is 2.37. The third-order valence-electron chi connectivity index (χ3n) is 3.35. The molecule has 0 unspecified atom stereocenters. The van der Waals surface area contributed by atoms with Crippen molar-refractivity contribution >= 4 is 5.69 Å². The van der Waals surface area contributed by atoms with Gasteiger partial charge in [-0.1, -0.05) is 13.0 Å². The Balaban J connectivity index is 1.86. The van der Waals surface area contributed by atoms with Crippen molar-refractivity contribution in [3.05, 3.63) is 30.1 Å². The van der Waals surface area contributed by atoms with E-state index < -0.39 is 0 Å². The quantitative estimate of drug-likeness (QED) is 0.864. The maximum Gasteiger partial charge on any atom is 0.125 e. The topological polar surface area (TPSA) is 15.3 Å². The van der Waals surface area contributed by atoms with Crippen LogP contribution in [0.25, 0.3) is 0 Å². The van der Waals surface area contributed by atoms with Gasteiger partial charge in [-0.05, 0) is 44.0 Å². The molecule has 0 bridgehead atoms. The summed E-state index contributed by atoms with van der Waals surface area (Å²) in [6.07, 6.45) is 3.48. The summed E-state index contributed by atoms with van der Waals surface area (Å²) < 4.78 is 13.1. The number of benzene rings is 1. The van der Waals surface area contributed by atoms with E-state index in [9.17, 15) is 4.39 Å². The summed E-state index contributed by atoms with van der Waals surface area (Å²) in [5.41, 5.74) is 1.01. The molecule has 2 rings (SSSR count). The van der Waals surface area contributed by atoms with Gasteiger partial charge in [-0.15, -0.1) is 0 Å². The van der Waals surface area contributed by atoms with Crippen LogP contribution in [-0.4, -0.2) is 25.7 Å². The molecule has 1 aliphatic heterocycles. The van der Waals surface area contributed by atoms with Crippen LogP contribution >= 0.6 is 0 Å². The highest BCUT2D eigenvalue weighted by Gasteiger charge is 2.18. The van der Waals surface area contributed by atoms with Crippen LogP contribution in [0.4, 0.5) is 10.1 Å². The van der Waals surface area contributed by atoms with E-state index in [2.05, 4.69) is 17.1 Å². The summed E-state index contributed by atoms with van der Waals surface area (Å²) in [4.78, 5) is 2.27. The smallest absolute Gasteiger partial charge is 0.125 e. The van der Waals surface area contributed by atoms with Crippen LogP contribution in [0, 0.1) is 5.82 Å². The van der Waals surface area contributed by atoms with Gasteiger partial charge in [0.1, 0.15) is 5.82 Å². The summed E-state index contributed by atoms with van der Waals surface area (Å²) >= 11 is 0. The molecule has 94 valence electrons. The highest BCUT2D eigenvalue weighted by Crippen LogP contribution is 2.20. The molecule has 0 radical (unpaired) electrons. The summed E-state index contributed by atoms with van der Waals surface area (Å²) in [6.45, 7) is 5.33. The second-order valence-corrected chi connectivity index (χ2v) is 4.70. The first kappa shape index (κ1) is 12.4. The van der Waals surface area contributed by atoms with E-state index >= 15 is 0 Å². The molecule has 1 aliphatic rings. The van der Waals surface area contributed by atoms with Gasteiger partial charge in [0, 0.05) is 24.8 Å². The molecule has 3 heteroatoms. The third-order valence-corrected chi connectivity index (χ3v) is 3.35. The van der Waals surface area contributed by atoms with Crippen molar-refractivity contribution in [1.29, 1.82) is 0 Å². The first-order valence-corrected chi connectivity index (χ1v) is 6.53. The number of anilines is 1. The Labute approximate surface area is 103 Å². The highest BCUT2D eigenvalue weighted by atomic mass is 19.1. The maximum atomic E-state index is 13.1. The number of piperidine rings is 1. The van der Waals surface area contributed by atoms with Crippen LogP contribution in [0.5, 0.6) is 0 Å². The molecule has 1 fully saturated rings. The zero-order chi connectivity index (χ0) is 12.1. The molecule has 0 aliphatic carbocycles. The van der Waals surface area contributed by atoms with Crippen molar-refractivity contribution in [2.75, 3.05) is 24.5 Å². The molecule has 1 aromatic rings. The Morgan fingerprint density at radius 2 is 2.12 bits per heavy atom. The number of nitrogens with one attached hydrogen (secondary N) is 1. The lowest BCUT2D eigenvalue weighted by atomic mass is 10.0. The van der Waals surface area contributed by atoms with Crippen molar-refractivity contribution in [3.8, 4) is 0 Å². The molecule has 0 spiro atoms. The van der Waals surface area contributed by atoms with Crippen LogP contribution in [0.15, 0.2) is 24.3 Å². The Bertz CT molecular complexity index is 346. The minimum atomic E-state index is -0.145. The van der Waals surface area contributed by atoms with Gasteiger partial charge in [-0.25, -0.2) is 4.39 Å². The summed E-state index contributed by atoms with van der Waals surface area (Å²) in [5, 5.41) is 3.55. The SMILES string of the molecule is CCCNC1CCN(c2cccc(F)c2)CC1. The molecule has 0 saturated carbocycles. The average molecular weight is 236 g/mol. The molecule has 1 N–H and O–H groups in total. The maximum absolute atomic E-state index is 13.1. The van der Waals surface area contributed by atoms with Crippen LogP contribution in [0.2, 0.25) is 0 Å². The predicted molar refractivity (Wildman–Crippen MR) is 69.9 cm³/mol. The second-order valence-electron chi connectivity index (χ2n) is 4.70. The van der Waals surface area contributed by atoms with Crippen molar-refractivity contribution in [1.82, 2.24) is 5.32 Å². The molecule has 0 atom stereocenters. The van der Waals surface area contributed by atoms with E-state index in [1.54, 1.807) is 12.1 Å². The number of rotatable bonds is 4. The third kappa shape index (κ3) is 3.43. The molecule has 1 heterocycles. The van der Waals surface area contributed by atoms with E-state index in [0.29, 0.717) is 6.04 Å². The summed E-state index contributed by atoms with van der Waals surface area (Å²) in [6, 6.07) is 7.54. The molecule has 0 amide bonds. The van der Waals surface area contributed by atoms with E-state index in [4.69, 9.17) is 0 Å². The predicted octanol–water partition coefficient (Wildman–Crippen LogP) is 2.79. The van der Waals surface area contributed by atoms with Crippen molar-refractivity contribution in [2.24, 2.45) is 0 Å². The second kappa shape index (κ2) is 6.01. The molecule has 17 heavy (non-hydrogen) atoms. The van der Waals surface area contributed by atoms with Gasteiger partial charge in [0.25, 0.3) is 0 Å². The van der Waals surface area contributed by atoms with Crippen LogP contribution in [0.3, 0.4) is 0 Å². The fraction of sp³-hybridized carbons (Fsp3) is 0.571. The minimum absolute atomic E-state index is 0.145. The Kier molecular flexibility index (Phi) is 4.37.